The molecule has 2 aliphatic rings. The van der Waals surface area contributed by atoms with E-state index in [0.717, 1.165) is 63.6 Å². The third kappa shape index (κ3) is 4.05. The summed E-state index contributed by atoms with van der Waals surface area (Å²) in [6, 6.07) is 10.3. The minimum atomic E-state index is 0.287. The van der Waals surface area contributed by atoms with E-state index in [4.69, 9.17) is 0 Å². The number of likely N-dealkylation sites (tertiary alicyclic amines) is 2. The number of carbonyl (C=O) groups excluding carboxylic acids is 1. The van der Waals surface area contributed by atoms with Gasteiger partial charge in [0, 0.05) is 26.6 Å². The number of carbonyl (C=O) groups is 1. The molecule has 1 amide bonds. The summed E-state index contributed by atoms with van der Waals surface area (Å²) in [5.74, 6) is 2.18. The SMILES string of the molecule is Cc1nc(CN2CCC3(CCC(=O)N(Cc4ccccc4)C3)CC2)n(C)n1. The Kier molecular flexibility index (Phi) is 5.00. The minimum absolute atomic E-state index is 0.287. The zero-order valence-corrected chi connectivity index (χ0v) is 16.4. The molecule has 2 aromatic rings. The van der Waals surface area contributed by atoms with Gasteiger partial charge in [0.05, 0.1) is 6.54 Å². The first-order valence-electron chi connectivity index (χ1n) is 9.94. The summed E-state index contributed by atoms with van der Waals surface area (Å²) in [4.78, 5) is 21.6. The van der Waals surface area contributed by atoms with E-state index >= 15 is 0 Å². The molecule has 3 heterocycles. The van der Waals surface area contributed by atoms with E-state index in [1.165, 1.54) is 5.56 Å². The van der Waals surface area contributed by atoms with Gasteiger partial charge in [-0.25, -0.2) is 4.98 Å². The summed E-state index contributed by atoms with van der Waals surface area (Å²) in [6.07, 6.45) is 4.04. The minimum Gasteiger partial charge on any atom is -0.338 e. The quantitative estimate of drug-likeness (QED) is 0.833. The topological polar surface area (TPSA) is 54.3 Å². The highest BCUT2D eigenvalue weighted by Gasteiger charge is 2.41. The Balaban J connectivity index is 1.37. The lowest BCUT2D eigenvalue weighted by atomic mass is 9.72. The van der Waals surface area contributed by atoms with Crippen molar-refractivity contribution in [3.63, 3.8) is 0 Å². The highest BCUT2D eigenvalue weighted by molar-refractivity contribution is 5.77. The van der Waals surface area contributed by atoms with Gasteiger partial charge in [-0.05, 0) is 50.3 Å². The molecule has 1 aromatic heterocycles. The van der Waals surface area contributed by atoms with Crippen molar-refractivity contribution >= 4 is 5.91 Å². The number of rotatable bonds is 4. The van der Waals surface area contributed by atoms with Gasteiger partial charge in [-0.1, -0.05) is 30.3 Å². The number of aryl methyl sites for hydroxylation is 2. The molecule has 1 spiro atoms. The van der Waals surface area contributed by atoms with E-state index in [0.29, 0.717) is 12.3 Å². The van der Waals surface area contributed by atoms with Crippen LogP contribution in [0.4, 0.5) is 0 Å². The molecule has 0 radical (unpaired) electrons. The number of piperidine rings is 2. The van der Waals surface area contributed by atoms with E-state index in [1.54, 1.807) is 0 Å². The first kappa shape index (κ1) is 18.2. The fraction of sp³-hybridized carbons (Fsp3) is 0.571. The van der Waals surface area contributed by atoms with E-state index in [9.17, 15) is 4.79 Å². The zero-order valence-electron chi connectivity index (χ0n) is 16.4. The van der Waals surface area contributed by atoms with E-state index in [1.807, 2.05) is 36.9 Å². The van der Waals surface area contributed by atoms with Crippen LogP contribution in [0.1, 0.15) is 42.9 Å². The summed E-state index contributed by atoms with van der Waals surface area (Å²) < 4.78 is 1.89. The van der Waals surface area contributed by atoms with Gasteiger partial charge >= 0.3 is 0 Å². The van der Waals surface area contributed by atoms with Crippen molar-refractivity contribution in [3.05, 3.63) is 47.5 Å². The Morgan fingerprint density at radius 1 is 1.07 bits per heavy atom. The maximum absolute atomic E-state index is 12.5. The summed E-state index contributed by atoms with van der Waals surface area (Å²) in [5.41, 5.74) is 1.51. The molecule has 0 bridgehead atoms. The highest BCUT2D eigenvalue weighted by atomic mass is 16.2. The van der Waals surface area contributed by atoms with Crippen LogP contribution in [-0.2, 0) is 24.9 Å². The molecule has 0 saturated carbocycles. The average Bonchev–Trinajstić information content (AvgIpc) is 2.98. The second kappa shape index (κ2) is 7.43. The monoisotopic (exact) mass is 367 g/mol. The van der Waals surface area contributed by atoms with Crippen LogP contribution in [-0.4, -0.2) is 50.1 Å². The van der Waals surface area contributed by atoms with Gasteiger partial charge in [0.2, 0.25) is 5.91 Å². The molecule has 2 saturated heterocycles. The van der Waals surface area contributed by atoms with Gasteiger partial charge < -0.3 is 4.90 Å². The maximum atomic E-state index is 12.5. The lowest BCUT2D eigenvalue weighted by Gasteiger charge is -2.47. The Hall–Kier alpha value is -2.21. The Bertz CT molecular complexity index is 792. The molecule has 2 aliphatic heterocycles. The number of hydrogen-bond acceptors (Lipinski definition) is 4. The van der Waals surface area contributed by atoms with Crippen LogP contribution < -0.4 is 0 Å². The number of aromatic nitrogens is 3. The fourth-order valence-electron chi connectivity index (χ4n) is 4.54. The third-order valence-corrected chi connectivity index (χ3v) is 6.21. The van der Waals surface area contributed by atoms with Gasteiger partial charge in [-0.15, -0.1) is 0 Å². The molecule has 0 N–H and O–H groups in total. The molecule has 0 aliphatic carbocycles. The van der Waals surface area contributed by atoms with Crippen LogP contribution in [0.25, 0.3) is 0 Å². The lowest BCUT2D eigenvalue weighted by Crippen LogP contribution is -2.51. The molecular formula is C21H29N5O. The molecule has 6 nitrogen and oxygen atoms in total. The number of nitrogens with zero attached hydrogens (tertiary/aromatic N) is 5. The summed E-state index contributed by atoms with van der Waals surface area (Å²) in [6.45, 7) is 6.58. The normalized spacial score (nSPS) is 20.4. The first-order valence-corrected chi connectivity index (χ1v) is 9.94. The van der Waals surface area contributed by atoms with Crippen molar-refractivity contribution in [2.45, 2.75) is 45.7 Å². The zero-order chi connectivity index (χ0) is 18.9. The summed E-state index contributed by atoms with van der Waals surface area (Å²) in [5, 5.41) is 4.35. The van der Waals surface area contributed by atoms with E-state index in [2.05, 4.69) is 32.0 Å². The molecule has 0 atom stereocenters. The van der Waals surface area contributed by atoms with Gasteiger partial charge in [0.15, 0.2) is 0 Å². The van der Waals surface area contributed by atoms with Crippen molar-refractivity contribution in [2.75, 3.05) is 19.6 Å². The van der Waals surface area contributed by atoms with Crippen LogP contribution in [0.15, 0.2) is 30.3 Å². The molecule has 144 valence electrons. The van der Waals surface area contributed by atoms with Crippen LogP contribution in [0.3, 0.4) is 0 Å². The Morgan fingerprint density at radius 3 is 2.48 bits per heavy atom. The summed E-state index contributed by atoms with van der Waals surface area (Å²) >= 11 is 0. The molecule has 27 heavy (non-hydrogen) atoms. The summed E-state index contributed by atoms with van der Waals surface area (Å²) in [7, 11) is 1.97. The molecule has 4 rings (SSSR count). The number of benzene rings is 1. The molecule has 6 heteroatoms. The standard InChI is InChI=1S/C21H29N5O/c1-17-22-19(24(2)23-17)15-25-12-10-21(11-13-25)9-8-20(27)26(16-21)14-18-6-4-3-5-7-18/h3-7H,8-16H2,1-2H3. The lowest BCUT2D eigenvalue weighted by molar-refractivity contribution is -0.140. The van der Waals surface area contributed by atoms with Gasteiger partial charge in [-0.3, -0.25) is 14.4 Å². The van der Waals surface area contributed by atoms with Crippen molar-refractivity contribution in [3.8, 4) is 0 Å². The van der Waals surface area contributed by atoms with Crippen molar-refractivity contribution in [1.82, 2.24) is 24.6 Å². The van der Waals surface area contributed by atoms with Crippen LogP contribution in [0.5, 0.6) is 0 Å². The van der Waals surface area contributed by atoms with Crippen LogP contribution in [0, 0.1) is 12.3 Å². The fourth-order valence-corrected chi connectivity index (χ4v) is 4.54. The van der Waals surface area contributed by atoms with Gasteiger partial charge in [0.1, 0.15) is 11.6 Å². The molecule has 0 unspecified atom stereocenters. The molecule has 1 aromatic carbocycles. The number of hydrogen-bond donors (Lipinski definition) is 0. The Labute approximate surface area is 161 Å². The largest absolute Gasteiger partial charge is 0.338 e. The second-order valence-corrected chi connectivity index (χ2v) is 8.21. The van der Waals surface area contributed by atoms with E-state index < -0.39 is 0 Å². The second-order valence-electron chi connectivity index (χ2n) is 8.21. The highest BCUT2D eigenvalue weighted by Crippen LogP contribution is 2.40. The van der Waals surface area contributed by atoms with Crippen LogP contribution in [0.2, 0.25) is 0 Å². The predicted molar refractivity (Wildman–Crippen MR) is 104 cm³/mol. The number of amides is 1. The Morgan fingerprint density at radius 2 is 1.81 bits per heavy atom. The third-order valence-electron chi connectivity index (χ3n) is 6.21. The average molecular weight is 367 g/mol. The van der Waals surface area contributed by atoms with Crippen molar-refractivity contribution in [2.24, 2.45) is 12.5 Å². The molecule has 2 fully saturated rings. The van der Waals surface area contributed by atoms with Gasteiger partial charge in [0.25, 0.3) is 0 Å². The van der Waals surface area contributed by atoms with Gasteiger partial charge in [-0.2, -0.15) is 5.10 Å². The van der Waals surface area contributed by atoms with E-state index in [-0.39, 0.29) is 5.41 Å². The molecular weight excluding hydrogens is 338 g/mol. The first-order chi connectivity index (χ1) is 13.0. The smallest absolute Gasteiger partial charge is 0.222 e. The van der Waals surface area contributed by atoms with Crippen LogP contribution >= 0.6 is 0 Å². The van der Waals surface area contributed by atoms with Crippen molar-refractivity contribution in [1.29, 1.82) is 0 Å². The maximum Gasteiger partial charge on any atom is 0.222 e. The predicted octanol–water partition coefficient (Wildman–Crippen LogP) is 2.53. The van der Waals surface area contributed by atoms with Crippen molar-refractivity contribution < 1.29 is 4.79 Å².